The highest BCUT2D eigenvalue weighted by Gasteiger charge is 2.35. The van der Waals surface area contributed by atoms with E-state index in [1.165, 1.54) is 40.1 Å². The predicted molar refractivity (Wildman–Crippen MR) is 120 cm³/mol. The summed E-state index contributed by atoms with van der Waals surface area (Å²) in [6.45, 7) is 10.1. The van der Waals surface area contributed by atoms with Gasteiger partial charge in [0, 0.05) is 18.9 Å². The fourth-order valence-corrected chi connectivity index (χ4v) is 4.73. The van der Waals surface area contributed by atoms with Crippen LogP contribution in [0.1, 0.15) is 77.8 Å². The lowest BCUT2D eigenvalue weighted by atomic mass is 9.88. The number of nitrogens with two attached hydrogens (primary N) is 1. The van der Waals surface area contributed by atoms with E-state index in [0.29, 0.717) is 6.54 Å². The van der Waals surface area contributed by atoms with Crippen LogP contribution in [0.3, 0.4) is 0 Å². The van der Waals surface area contributed by atoms with E-state index in [2.05, 4.69) is 50.0 Å². The summed E-state index contributed by atoms with van der Waals surface area (Å²) in [4.78, 5) is 23.2. The van der Waals surface area contributed by atoms with E-state index in [4.69, 9.17) is 15.7 Å². The summed E-state index contributed by atoms with van der Waals surface area (Å²) in [6.07, 6.45) is 9.24. The lowest BCUT2D eigenvalue weighted by molar-refractivity contribution is 0.0743. The van der Waals surface area contributed by atoms with Crippen LogP contribution in [0, 0.1) is 27.7 Å². The fourth-order valence-electron chi connectivity index (χ4n) is 4.73. The SMILES string of the molecule is Cc1cnc(C2CCC[C@@H](c3ncc(C)cc3C)N2CCCCNC(N)=O)c(C)c1. The van der Waals surface area contributed by atoms with Crippen LogP contribution in [0.2, 0.25) is 0 Å². The van der Waals surface area contributed by atoms with Gasteiger partial charge in [0.1, 0.15) is 0 Å². The quantitative estimate of drug-likeness (QED) is 0.663. The van der Waals surface area contributed by atoms with Crippen molar-refractivity contribution in [3.63, 3.8) is 0 Å². The minimum absolute atomic E-state index is 0.288. The van der Waals surface area contributed by atoms with Crippen molar-refractivity contribution < 1.29 is 4.79 Å². The van der Waals surface area contributed by atoms with Crippen LogP contribution in [-0.2, 0) is 0 Å². The smallest absolute Gasteiger partial charge is 0.312 e. The van der Waals surface area contributed by atoms with Crippen LogP contribution in [-0.4, -0.2) is 34.0 Å². The Morgan fingerprint density at radius 2 is 1.53 bits per heavy atom. The van der Waals surface area contributed by atoms with Gasteiger partial charge in [-0.2, -0.15) is 0 Å². The van der Waals surface area contributed by atoms with Gasteiger partial charge in [-0.05, 0) is 88.6 Å². The second kappa shape index (κ2) is 10.0. The Morgan fingerprint density at radius 1 is 1.00 bits per heavy atom. The number of urea groups is 1. The summed E-state index contributed by atoms with van der Waals surface area (Å²) >= 11 is 0. The van der Waals surface area contributed by atoms with Gasteiger partial charge in [-0.3, -0.25) is 14.9 Å². The van der Waals surface area contributed by atoms with Crippen LogP contribution >= 0.6 is 0 Å². The zero-order valence-corrected chi connectivity index (χ0v) is 18.7. The van der Waals surface area contributed by atoms with Gasteiger partial charge in [0.05, 0.1) is 23.5 Å². The molecule has 30 heavy (non-hydrogen) atoms. The molecule has 1 fully saturated rings. The predicted octanol–water partition coefficient (Wildman–Crippen LogP) is 4.43. The number of nitrogens with zero attached hydrogens (tertiary/aromatic N) is 3. The maximum Gasteiger partial charge on any atom is 0.312 e. The monoisotopic (exact) mass is 409 g/mol. The van der Waals surface area contributed by atoms with Crippen LogP contribution in [0.5, 0.6) is 0 Å². The second-order valence-corrected chi connectivity index (χ2v) is 8.63. The Kier molecular flexibility index (Phi) is 7.43. The summed E-state index contributed by atoms with van der Waals surface area (Å²) in [6, 6.07) is 4.58. The molecule has 0 saturated carbocycles. The summed E-state index contributed by atoms with van der Waals surface area (Å²) in [5, 5.41) is 2.70. The summed E-state index contributed by atoms with van der Waals surface area (Å²) in [7, 11) is 0. The van der Waals surface area contributed by atoms with Gasteiger partial charge in [0.2, 0.25) is 0 Å². The number of pyridine rings is 2. The molecule has 1 saturated heterocycles. The molecule has 1 aliphatic rings. The first-order valence-corrected chi connectivity index (χ1v) is 11.0. The van der Waals surface area contributed by atoms with Crippen molar-refractivity contribution in [3.05, 3.63) is 58.2 Å². The molecule has 3 N–H and O–H groups in total. The molecule has 0 spiro atoms. The first-order chi connectivity index (χ1) is 14.4. The molecule has 0 bridgehead atoms. The Bertz CT molecular complexity index is 822. The standard InChI is InChI=1S/C24H35N5O/c1-16-12-18(3)22(27-14-16)20-8-7-9-21(23-19(4)13-17(2)15-28-23)29(20)11-6-5-10-26-24(25)30/h12-15,20-21H,5-11H2,1-4H3,(H3,25,26,30)/t20-,21?/m0/s1. The molecule has 0 aliphatic carbocycles. The molecule has 2 amide bonds. The number of piperidine rings is 1. The normalized spacial score (nSPS) is 19.6. The topological polar surface area (TPSA) is 84.1 Å². The van der Waals surface area contributed by atoms with Crippen molar-refractivity contribution in [1.82, 2.24) is 20.2 Å². The van der Waals surface area contributed by atoms with Gasteiger partial charge in [-0.15, -0.1) is 0 Å². The highest BCUT2D eigenvalue weighted by Crippen LogP contribution is 2.42. The number of rotatable bonds is 7. The Hall–Kier alpha value is -2.47. The van der Waals surface area contributed by atoms with Crippen molar-refractivity contribution in [1.29, 1.82) is 0 Å². The van der Waals surface area contributed by atoms with Crippen LogP contribution in [0.15, 0.2) is 24.5 Å². The van der Waals surface area contributed by atoms with E-state index in [-0.39, 0.29) is 12.1 Å². The molecule has 2 aromatic rings. The Labute approximate surface area is 180 Å². The molecular formula is C24H35N5O. The van der Waals surface area contributed by atoms with E-state index in [1.807, 2.05) is 12.4 Å². The number of aromatic nitrogens is 2. The minimum Gasteiger partial charge on any atom is -0.352 e. The zero-order valence-electron chi connectivity index (χ0n) is 18.7. The number of carbonyl (C=O) groups is 1. The molecular weight excluding hydrogens is 374 g/mol. The molecule has 2 aromatic heterocycles. The molecule has 3 rings (SSSR count). The highest BCUT2D eigenvalue weighted by atomic mass is 16.2. The van der Waals surface area contributed by atoms with Gasteiger partial charge < -0.3 is 11.1 Å². The first-order valence-electron chi connectivity index (χ1n) is 11.0. The van der Waals surface area contributed by atoms with Crippen molar-refractivity contribution in [3.8, 4) is 0 Å². The Morgan fingerprint density at radius 3 is 2.00 bits per heavy atom. The summed E-state index contributed by atoms with van der Waals surface area (Å²) < 4.78 is 0. The maximum atomic E-state index is 11.0. The molecule has 1 unspecified atom stereocenters. The van der Waals surface area contributed by atoms with E-state index in [1.54, 1.807) is 0 Å². The van der Waals surface area contributed by atoms with Gasteiger partial charge in [0.15, 0.2) is 0 Å². The van der Waals surface area contributed by atoms with Crippen LogP contribution in [0.25, 0.3) is 0 Å². The number of primary amides is 1. The van der Waals surface area contributed by atoms with Gasteiger partial charge in [0.25, 0.3) is 0 Å². The van der Waals surface area contributed by atoms with Crippen molar-refractivity contribution in [2.75, 3.05) is 13.1 Å². The number of unbranched alkanes of at least 4 members (excludes halogenated alkanes) is 1. The molecule has 6 nitrogen and oxygen atoms in total. The largest absolute Gasteiger partial charge is 0.352 e. The number of aryl methyl sites for hydroxylation is 4. The Balaban J connectivity index is 1.87. The third-order valence-corrected chi connectivity index (χ3v) is 6.04. The zero-order chi connectivity index (χ0) is 21.7. The van der Waals surface area contributed by atoms with Gasteiger partial charge >= 0.3 is 6.03 Å². The molecule has 6 heteroatoms. The fraction of sp³-hybridized carbons (Fsp3) is 0.542. The van der Waals surface area contributed by atoms with E-state index in [0.717, 1.165) is 32.2 Å². The molecule has 162 valence electrons. The number of hydrogen-bond acceptors (Lipinski definition) is 4. The van der Waals surface area contributed by atoms with Crippen molar-refractivity contribution >= 4 is 6.03 Å². The summed E-state index contributed by atoms with van der Waals surface area (Å²) in [5.74, 6) is 0. The third kappa shape index (κ3) is 5.36. The number of amides is 2. The maximum absolute atomic E-state index is 11.0. The lowest BCUT2D eigenvalue weighted by Crippen LogP contribution is -2.39. The van der Waals surface area contributed by atoms with E-state index >= 15 is 0 Å². The first kappa shape index (κ1) is 22.2. The number of likely N-dealkylation sites (tertiary alicyclic amines) is 1. The van der Waals surface area contributed by atoms with Crippen molar-refractivity contribution in [2.24, 2.45) is 5.73 Å². The minimum atomic E-state index is -0.456. The van der Waals surface area contributed by atoms with Crippen LogP contribution < -0.4 is 11.1 Å². The average molecular weight is 410 g/mol. The second-order valence-electron chi connectivity index (χ2n) is 8.63. The average Bonchev–Trinajstić information content (AvgIpc) is 2.68. The molecule has 2 atom stereocenters. The molecule has 1 aliphatic heterocycles. The molecule has 0 radical (unpaired) electrons. The van der Waals surface area contributed by atoms with E-state index in [9.17, 15) is 4.79 Å². The summed E-state index contributed by atoms with van der Waals surface area (Å²) in [5.41, 5.74) is 12.5. The molecule has 3 heterocycles. The van der Waals surface area contributed by atoms with E-state index < -0.39 is 6.03 Å². The van der Waals surface area contributed by atoms with Gasteiger partial charge in [-0.1, -0.05) is 12.1 Å². The lowest BCUT2D eigenvalue weighted by Gasteiger charge is -2.42. The number of carbonyl (C=O) groups excluding carboxylic acids is 1. The number of hydrogen-bond donors (Lipinski definition) is 2. The third-order valence-electron chi connectivity index (χ3n) is 6.04. The highest BCUT2D eigenvalue weighted by molar-refractivity contribution is 5.71. The van der Waals surface area contributed by atoms with Crippen LogP contribution in [0.4, 0.5) is 4.79 Å². The van der Waals surface area contributed by atoms with Gasteiger partial charge in [-0.25, -0.2) is 4.79 Å². The number of nitrogens with one attached hydrogen (secondary N) is 1. The molecule has 0 aromatic carbocycles. The van der Waals surface area contributed by atoms with Crippen molar-refractivity contribution in [2.45, 2.75) is 71.9 Å².